The van der Waals surface area contributed by atoms with E-state index in [9.17, 15) is 4.79 Å². The lowest BCUT2D eigenvalue weighted by Gasteiger charge is -2.07. The molecule has 0 bridgehead atoms. The highest BCUT2D eigenvalue weighted by atomic mass is 32.2. The molecular formula is C23H18N6OS. The molecule has 0 saturated carbocycles. The second kappa shape index (κ2) is 8.45. The summed E-state index contributed by atoms with van der Waals surface area (Å²) in [4.78, 5) is 26.6. The molecule has 0 unspecified atom stereocenters. The summed E-state index contributed by atoms with van der Waals surface area (Å²) < 4.78 is 3.81. The molecule has 1 amide bonds. The minimum absolute atomic E-state index is 0.172. The lowest BCUT2D eigenvalue weighted by molar-refractivity contribution is 0.102. The Kier molecular flexibility index (Phi) is 5.20. The standard InChI is InChI=1S/C23H18N6OS/c30-23(27-18-6-9-21(25-13-18)29-12-10-24-16-29)17-4-7-20(8-5-17)31-15-19-14-28-11-2-1-3-22(28)26-19/h1-14,16H,15H2,(H,27,30). The van der Waals surface area contributed by atoms with Crippen LogP contribution in [0.1, 0.15) is 16.1 Å². The first-order chi connectivity index (χ1) is 15.2. The lowest BCUT2D eigenvalue weighted by Crippen LogP contribution is -2.12. The van der Waals surface area contributed by atoms with Crippen LogP contribution in [0.3, 0.4) is 0 Å². The fourth-order valence-electron chi connectivity index (χ4n) is 3.13. The second-order valence-electron chi connectivity index (χ2n) is 6.84. The van der Waals surface area contributed by atoms with Crippen LogP contribution in [0.4, 0.5) is 5.69 Å². The summed E-state index contributed by atoms with van der Waals surface area (Å²) in [5.41, 5.74) is 3.19. The molecule has 1 N–H and O–H groups in total. The Hall–Kier alpha value is -3.91. The van der Waals surface area contributed by atoms with Crippen LogP contribution in [0.25, 0.3) is 11.5 Å². The van der Waals surface area contributed by atoms with Crippen LogP contribution in [0.15, 0.2) is 96.8 Å². The minimum Gasteiger partial charge on any atom is -0.321 e. The largest absolute Gasteiger partial charge is 0.321 e. The van der Waals surface area contributed by atoms with Gasteiger partial charge in [0.15, 0.2) is 0 Å². The quantitative estimate of drug-likeness (QED) is 0.406. The van der Waals surface area contributed by atoms with Crippen molar-refractivity contribution < 1.29 is 4.79 Å². The molecule has 31 heavy (non-hydrogen) atoms. The smallest absolute Gasteiger partial charge is 0.255 e. The SMILES string of the molecule is O=C(Nc1ccc(-n2ccnc2)nc1)c1ccc(SCc2cn3ccccc3n2)cc1. The van der Waals surface area contributed by atoms with E-state index in [0.29, 0.717) is 11.3 Å². The molecule has 4 aromatic heterocycles. The number of benzene rings is 1. The first-order valence-corrected chi connectivity index (χ1v) is 10.6. The highest BCUT2D eigenvalue weighted by molar-refractivity contribution is 7.98. The van der Waals surface area contributed by atoms with Crippen molar-refractivity contribution in [1.29, 1.82) is 0 Å². The van der Waals surface area contributed by atoms with E-state index >= 15 is 0 Å². The number of hydrogen-bond acceptors (Lipinski definition) is 5. The molecule has 0 radical (unpaired) electrons. The van der Waals surface area contributed by atoms with Crippen molar-refractivity contribution in [1.82, 2.24) is 23.9 Å². The molecule has 4 heterocycles. The maximum absolute atomic E-state index is 12.5. The molecule has 0 aliphatic carbocycles. The average Bonchev–Trinajstić information content (AvgIpc) is 3.48. The summed E-state index contributed by atoms with van der Waals surface area (Å²) in [5.74, 6) is 1.33. The molecular weight excluding hydrogens is 408 g/mol. The van der Waals surface area contributed by atoms with Crippen molar-refractivity contribution in [3.05, 3.63) is 103 Å². The molecule has 1 aromatic carbocycles. The monoisotopic (exact) mass is 426 g/mol. The summed E-state index contributed by atoms with van der Waals surface area (Å²) in [7, 11) is 0. The van der Waals surface area contributed by atoms with Crippen molar-refractivity contribution in [3.8, 4) is 5.82 Å². The summed E-state index contributed by atoms with van der Waals surface area (Å²) in [5, 5.41) is 2.88. The van der Waals surface area contributed by atoms with E-state index in [-0.39, 0.29) is 5.91 Å². The molecule has 8 heteroatoms. The van der Waals surface area contributed by atoms with E-state index in [1.165, 1.54) is 0 Å². The summed E-state index contributed by atoms with van der Waals surface area (Å²) in [6.07, 6.45) is 10.8. The molecule has 0 saturated heterocycles. The van der Waals surface area contributed by atoms with Gasteiger partial charge in [-0.3, -0.25) is 9.36 Å². The lowest BCUT2D eigenvalue weighted by atomic mass is 10.2. The second-order valence-corrected chi connectivity index (χ2v) is 7.89. The van der Waals surface area contributed by atoms with Crippen molar-refractivity contribution >= 4 is 29.0 Å². The van der Waals surface area contributed by atoms with E-state index in [1.54, 1.807) is 35.0 Å². The van der Waals surface area contributed by atoms with Gasteiger partial charge >= 0.3 is 0 Å². The zero-order chi connectivity index (χ0) is 21.0. The third kappa shape index (κ3) is 4.34. The maximum Gasteiger partial charge on any atom is 0.255 e. The molecule has 152 valence electrons. The summed E-state index contributed by atoms with van der Waals surface area (Å²) >= 11 is 1.69. The molecule has 0 aliphatic rings. The predicted molar refractivity (Wildman–Crippen MR) is 121 cm³/mol. The molecule has 7 nitrogen and oxygen atoms in total. The molecule has 5 aromatic rings. The van der Waals surface area contributed by atoms with Gasteiger partial charge < -0.3 is 9.72 Å². The van der Waals surface area contributed by atoms with Gasteiger partial charge in [-0.25, -0.2) is 15.0 Å². The third-order valence-corrected chi connectivity index (χ3v) is 5.74. The molecule has 0 aliphatic heterocycles. The highest BCUT2D eigenvalue weighted by Gasteiger charge is 2.08. The predicted octanol–water partition coefficient (Wildman–Crippen LogP) is 4.46. The molecule has 5 rings (SSSR count). The van der Waals surface area contributed by atoms with Crippen LogP contribution in [-0.4, -0.2) is 29.8 Å². The summed E-state index contributed by atoms with van der Waals surface area (Å²) in [6, 6.07) is 17.2. The van der Waals surface area contributed by atoms with Crippen LogP contribution < -0.4 is 5.32 Å². The Labute approximate surface area is 182 Å². The Morgan fingerprint density at radius 1 is 1.03 bits per heavy atom. The number of amides is 1. The highest BCUT2D eigenvalue weighted by Crippen LogP contribution is 2.23. The van der Waals surface area contributed by atoms with Gasteiger partial charge in [0.25, 0.3) is 5.91 Å². The number of pyridine rings is 2. The Morgan fingerprint density at radius 2 is 1.94 bits per heavy atom. The zero-order valence-electron chi connectivity index (χ0n) is 16.4. The number of carbonyl (C=O) groups excluding carboxylic acids is 1. The van der Waals surface area contributed by atoms with Crippen LogP contribution in [-0.2, 0) is 5.75 Å². The van der Waals surface area contributed by atoms with Gasteiger partial charge in [-0.2, -0.15) is 0 Å². The Morgan fingerprint density at radius 3 is 2.68 bits per heavy atom. The number of aromatic nitrogens is 5. The number of anilines is 1. The number of rotatable bonds is 6. The normalized spacial score (nSPS) is 11.0. The van der Waals surface area contributed by atoms with Crippen molar-refractivity contribution in [2.24, 2.45) is 0 Å². The third-order valence-electron chi connectivity index (χ3n) is 4.69. The number of nitrogens with one attached hydrogen (secondary N) is 1. The summed E-state index contributed by atoms with van der Waals surface area (Å²) in [6.45, 7) is 0. The minimum atomic E-state index is -0.172. The van der Waals surface area contributed by atoms with E-state index in [4.69, 9.17) is 0 Å². The number of imidazole rings is 2. The number of hydrogen-bond donors (Lipinski definition) is 1. The topological polar surface area (TPSA) is 77.1 Å². The number of fused-ring (bicyclic) bond motifs is 1. The Bertz CT molecular complexity index is 1280. The van der Waals surface area contributed by atoms with Crippen LogP contribution in [0.5, 0.6) is 0 Å². The van der Waals surface area contributed by atoms with Crippen LogP contribution in [0, 0.1) is 0 Å². The van der Waals surface area contributed by atoms with E-state index in [2.05, 4.69) is 20.3 Å². The van der Waals surface area contributed by atoms with Crippen molar-refractivity contribution in [3.63, 3.8) is 0 Å². The Balaban J connectivity index is 1.19. The number of carbonyl (C=O) groups is 1. The van der Waals surface area contributed by atoms with E-state index < -0.39 is 0 Å². The van der Waals surface area contributed by atoms with Gasteiger partial charge in [-0.1, -0.05) is 6.07 Å². The van der Waals surface area contributed by atoms with Gasteiger partial charge in [-0.15, -0.1) is 11.8 Å². The van der Waals surface area contributed by atoms with Gasteiger partial charge in [0.05, 0.1) is 17.6 Å². The average molecular weight is 427 g/mol. The first-order valence-electron chi connectivity index (χ1n) is 9.66. The van der Waals surface area contributed by atoms with E-state index in [0.717, 1.165) is 27.8 Å². The van der Waals surface area contributed by atoms with Crippen molar-refractivity contribution in [2.45, 2.75) is 10.6 Å². The van der Waals surface area contributed by atoms with Gasteiger partial charge in [0.2, 0.25) is 0 Å². The van der Waals surface area contributed by atoms with Gasteiger partial charge in [0, 0.05) is 41.0 Å². The van der Waals surface area contributed by atoms with Gasteiger partial charge in [0.1, 0.15) is 17.8 Å². The number of thioether (sulfide) groups is 1. The van der Waals surface area contributed by atoms with Crippen LogP contribution >= 0.6 is 11.8 Å². The zero-order valence-corrected chi connectivity index (χ0v) is 17.2. The first kappa shape index (κ1) is 19.1. The van der Waals surface area contributed by atoms with Crippen LogP contribution in [0.2, 0.25) is 0 Å². The maximum atomic E-state index is 12.5. The fraction of sp³-hybridized carbons (Fsp3) is 0.0435. The van der Waals surface area contributed by atoms with E-state index in [1.807, 2.05) is 77.6 Å². The van der Waals surface area contributed by atoms with Gasteiger partial charge in [-0.05, 0) is 48.5 Å². The number of nitrogens with zero attached hydrogens (tertiary/aromatic N) is 5. The molecule has 0 fully saturated rings. The molecule has 0 atom stereocenters. The van der Waals surface area contributed by atoms with Crippen molar-refractivity contribution in [2.75, 3.05) is 5.32 Å². The fourth-order valence-corrected chi connectivity index (χ4v) is 3.91. The molecule has 0 spiro atoms.